The molecule has 0 aliphatic heterocycles. The fourth-order valence-electron chi connectivity index (χ4n) is 3.61. The fraction of sp³-hybridized carbons (Fsp3) is 0.538. The van der Waals surface area contributed by atoms with Crippen LogP contribution >= 0.6 is 11.8 Å². The standard InChI is InChI=1S/C26H37N5OS/c1-7-8-9-10-18(2)16-31-24(20-11-13-21(14-12-20)26(4,5)6)29-30-25(31)33-17-23(32)22(15-27)19(3)28/h11-14,18H,7-10,16-17,28H2,1-6H3/b22-19+/t18-/m1/s1. The van der Waals surface area contributed by atoms with Crippen molar-refractivity contribution in [2.45, 2.75) is 84.3 Å². The van der Waals surface area contributed by atoms with Crippen molar-refractivity contribution in [1.29, 1.82) is 5.26 Å². The SMILES string of the molecule is CCCCC[C@@H](C)Cn1c(SCC(=O)/C(C#N)=C(\C)N)nnc1-c1ccc(C(C)(C)C)cc1. The maximum atomic E-state index is 12.5. The van der Waals surface area contributed by atoms with Crippen LogP contribution in [-0.2, 0) is 16.8 Å². The molecule has 0 radical (unpaired) electrons. The number of ketones is 1. The van der Waals surface area contributed by atoms with Crippen LogP contribution in [0, 0.1) is 17.2 Å². The van der Waals surface area contributed by atoms with Crippen molar-refractivity contribution in [3.8, 4) is 17.5 Å². The number of carbonyl (C=O) groups is 1. The van der Waals surface area contributed by atoms with Gasteiger partial charge in [-0.25, -0.2) is 0 Å². The number of nitriles is 1. The van der Waals surface area contributed by atoms with Gasteiger partial charge in [-0.3, -0.25) is 4.79 Å². The monoisotopic (exact) mass is 467 g/mol. The summed E-state index contributed by atoms with van der Waals surface area (Å²) in [6.07, 6.45) is 4.75. The Balaban J connectivity index is 2.32. The molecule has 1 heterocycles. The second-order valence-corrected chi connectivity index (χ2v) is 10.7. The normalized spacial score (nSPS) is 13.4. The van der Waals surface area contributed by atoms with Crippen molar-refractivity contribution in [2.24, 2.45) is 11.7 Å². The molecular formula is C26H37N5OS. The molecule has 1 atom stereocenters. The molecule has 2 rings (SSSR count). The molecule has 0 amide bonds. The van der Waals surface area contributed by atoms with Gasteiger partial charge >= 0.3 is 0 Å². The topological polar surface area (TPSA) is 97.6 Å². The van der Waals surface area contributed by atoms with Crippen LogP contribution in [0.3, 0.4) is 0 Å². The molecule has 0 saturated carbocycles. The average Bonchev–Trinajstić information content (AvgIpc) is 3.14. The first-order valence-corrected chi connectivity index (χ1v) is 12.6. The summed E-state index contributed by atoms with van der Waals surface area (Å²) in [5.74, 6) is 1.07. The van der Waals surface area contributed by atoms with Crippen LogP contribution in [0.15, 0.2) is 40.7 Å². The third-order valence-corrected chi connectivity index (χ3v) is 6.60. The second kappa shape index (κ2) is 12.0. The number of rotatable bonds is 11. The van der Waals surface area contributed by atoms with E-state index in [-0.39, 0.29) is 28.2 Å². The van der Waals surface area contributed by atoms with Gasteiger partial charge in [0.15, 0.2) is 16.8 Å². The molecule has 0 bridgehead atoms. The Kier molecular flexibility index (Phi) is 9.72. The number of allylic oxidation sites excluding steroid dienone is 2. The zero-order chi connectivity index (χ0) is 24.6. The maximum absolute atomic E-state index is 12.5. The van der Waals surface area contributed by atoms with Crippen molar-refractivity contribution >= 4 is 17.5 Å². The lowest BCUT2D eigenvalue weighted by atomic mass is 9.86. The zero-order valence-electron chi connectivity index (χ0n) is 20.8. The lowest BCUT2D eigenvalue weighted by molar-refractivity contribution is -0.112. The molecule has 0 aliphatic rings. The quantitative estimate of drug-likeness (QED) is 0.192. The van der Waals surface area contributed by atoms with Crippen molar-refractivity contribution in [3.05, 3.63) is 41.1 Å². The Hall–Kier alpha value is -2.59. The van der Waals surface area contributed by atoms with Crippen LogP contribution in [0.1, 0.15) is 72.8 Å². The van der Waals surface area contributed by atoms with Gasteiger partial charge < -0.3 is 10.3 Å². The second-order valence-electron chi connectivity index (χ2n) is 9.73. The van der Waals surface area contributed by atoms with Crippen LogP contribution in [0.5, 0.6) is 0 Å². The van der Waals surface area contributed by atoms with Gasteiger partial charge in [-0.2, -0.15) is 5.26 Å². The number of aromatic nitrogens is 3. The Morgan fingerprint density at radius 3 is 2.42 bits per heavy atom. The average molecular weight is 468 g/mol. The number of hydrogen-bond acceptors (Lipinski definition) is 6. The maximum Gasteiger partial charge on any atom is 0.191 e. The van der Waals surface area contributed by atoms with E-state index in [1.54, 1.807) is 6.92 Å². The molecule has 2 aromatic rings. The van der Waals surface area contributed by atoms with Gasteiger partial charge in [0, 0.05) is 17.8 Å². The third-order valence-electron chi connectivity index (χ3n) is 5.64. The molecule has 7 heteroatoms. The Morgan fingerprint density at radius 1 is 1.21 bits per heavy atom. The molecule has 0 spiro atoms. The lowest BCUT2D eigenvalue weighted by Gasteiger charge is -2.19. The molecule has 0 fully saturated rings. The first kappa shape index (κ1) is 26.7. The number of nitrogens with two attached hydrogens (primary N) is 1. The number of benzene rings is 1. The summed E-state index contributed by atoms with van der Waals surface area (Å²) in [6.45, 7) is 13.4. The van der Waals surface area contributed by atoms with Gasteiger partial charge in [0.2, 0.25) is 0 Å². The number of carbonyl (C=O) groups excluding carboxylic acids is 1. The molecule has 0 unspecified atom stereocenters. The zero-order valence-corrected chi connectivity index (χ0v) is 21.6. The van der Waals surface area contributed by atoms with Crippen LogP contribution < -0.4 is 5.73 Å². The van der Waals surface area contributed by atoms with Gasteiger partial charge in [0.05, 0.1) is 5.75 Å². The molecule has 2 N–H and O–H groups in total. The summed E-state index contributed by atoms with van der Waals surface area (Å²) < 4.78 is 2.12. The van der Waals surface area contributed by atoms with E-state index >= 15 is 0 Å². The predicted octanol–water partition coefficient (Wildman–Crippen LogP) is 5.88. The van der Waals surface area contributed by atoms with Crippen LogP contribution in [-0.4, -0.2) is 26.3 Å². The van der Waals surface area contributed by atoms with Crippen LogP contribution in [0.2, 0.25) is 0 Å². The van der Waals surface area contributed by atoms with E-state index < -0.39 is 0 Å². The molecule has 33 heavy (non-hydrogen) atoms. The number of thioether (sulfide) groups is 1. The number of nitrogens with zero attached hydrogens (tertiary/aromatic N) is 4. The minimum Gasteiger partial charge on any atom is -0.401 e. The summed E-state index contributed by atoms with van der Waals surface area (Å²) in [4.78, 5) is 12.5. The molecule has 0 aliphatic carbocycles. The number of unbranched alkanes of at least 4 members (excludes halogenated alkanes) is 2. The summed E-state index contributed by atoms with van der Waals surface area (Å²) >= 11 is 1.31. The largest absolute Gasteiger partial charge is 0.401 e. The molecule has 1 aromatic carbocycles. The van der Waals surface area contributed by atoms with Crippen molar-refractivity contribution in [1.82, 2.24) is 14.8 Å². The Labute approximate surface area is 202 Å². The van der Waals surface area contributed by atoms with E-state index in [1.807, 2.05) is 6.07 Å². The summed E-state index contributed by atoms with van der Waals surface area (Å²) in [6, 6.07) is 10.4. The van der Waals surface area contributed by atoms with Crippen molar-refractivity contribution < 1.29 is 4.79 Å². The van der Waals surface area contributed by atoms with Gasteiger partial charge in [0.25, 0.3) is 0 Å². The highest BCUT2D eigenvalue weighted by Gasteiger charge is 2.20. The molecule has 1 aromatic heterocycles. The smallest absolute Gasteiger partial charge is 0.191 e. The highest BCUT2D eigenvalue weighted by atomic mass is 32.2. The van der Waals surface area contributed by atoms with Gasteiger partial charge in [-0.1, -0.05) is 89.9 Å². The highest BCUT2D eigenvalue weighted by molar-refractivity contribution is 7.99. The van der Waals surface area contributed by atoms with Crippen LogP contribution in [0.4, 0.5) is 0 Å². The number of Topliss-reactive ketones (excluding diaryl/α,β-unsaturated/α-hetero) is 1. The van der Waals surface area contributed by atoms with Gasteiger partial charge in [0.1, 0.15) is 11.6 Å². The fourth-order valence-corrected chi connectivity index (χ4v) is 4.43. The van der Waals surface area contributed by atoms with E-state index in [0.29, 0.717) is 11.1 Å². The van der Waals surface area contributed by atoms with E-state index in [2.05, 4.69) is 73.6 Å². The van der Waals surface area contributed by atoms with Crippen molar-refractivity contribution in [3.63, 3.8) is 0 Å². The molecule has 6 nitrogen and oxygen atoms in total. The van der Waals surface area contributed by atoms with Crippen LogP contribution in [0.25, 0.3) is 11.4 Å². The lowest BCUT2D eigenvalue weighted by Crippen LogP contribution is -2.13. The minimum absolute atomic E-state index is 0.0134. The Bertz CT molecular complexity index is 1000. The van der Waals surface area contributed by atoms with Gasteiger partial charge in [-0.05, 0) is 30.2 Å². The first-order valence-electron chi connectivity index (χ1n) is 11.6. The summed E-state index contributed by atoms with van der Waals surface area (Å²) in [5, 5.41) is 18.8. The van der Waals surface area contributed by atoms with E-state index in [1.165, 1.54) is 36.6 Å². The highest BCUT2D eigenvalue weighted by Crippen LogP contribution is 2.29. The summed E-state index contributed by atoms with van der Waals surface area (Å²) in [5.41, 5.74) is 8.29. The van der Waals surface area contributed by atoms with E-state index in [0.717, 1.165) is 24.4 Å². The third kappa shape index (κ3) is 7.46. The predicted molar refractivity (Wildman–Crippen MR) is 136 cm³/mol. The van der Waals surface area contributed by atoms with E-state index in [4.69, 9.17) is 5.73 Å². The molecular weight excluding hydrogens is 430 g/mol. The minimum atomic E-state index is -0.288. The number of hydrogen-bond donors (Lipinski definition) is 1. The Morgan fingerprint density at radius 2 is 1.88 bits per heavy atom. The summed E-state index contributed by atoms with van der Waals surface area (Å²) in [7, 11) is 0. The molecule has 178 valence electrons. The van der Waals surface area contributed by atoms with Gasteiger partial charge in [-0.15, -0.1) is 10.2 Å². The molecule has 0 saturated heterocycles. The van der Waals surface area contributed by atoms with Crippen molar-refractivity contribution in [2.75, 3.05) is 5.75 Å². The first-order chi connectivity index (χ1) is 15.6. The van der Waals surface area contributed by atoms with E-state index in [9.17, 15) is 10.1 Å².